The van der Waals surface area contributed by atoms with Gasteiger partial charge < -0.3 is 4.74 Å². The molecule has 0 aliphatic heterocycles. The van der Waals surface area contributed by atoms with E-state index in [1.165, 1.54) is 40.2 Å². The Labute approximate surface area is 184 Å². The van der Waals surface area contributed by atoms with Crippen LogP contribution >= 0.6 is 23.1 Å². The number of thiophene rings is 1. The number of amides is 2. The molecule has 2 amide bonds. The Bertz CT molecular complexity index is 1190. The summed E-state index contributed by atoms with van der Waals surface area (Å²) in [6.45, 7) is 3.06. The molecule has 7 nitrogen and oxygen atoms in total. The predicted octanol–water partition coefficient (Wildman–Crippen LogP) is 3.74. The first-order valence-electron chi connectivity index (χ1n) is 9.23. The zero-order valence-corrected chi connectivity index (χ0v) is 18.5. The number of rotatable bonds is 7. The Morgan fingerprint density at radius 2 is 1.94 bits per heavy atom. The highest BCUT2D eigenvalue weighted by molar-refractivity contribution is 7.99. The van der Waals surface area contributed by atoms with Gasteiger partial charge in [-0.25, -0.2) is 4.98 Å². The van der Waals surface area contributed by atoms with Gasteiger partial charge in [-0.2, -0.15) is 8.78 Å². The molecule has 2 heterocycles. The average Bonchev–Trinajstić information content (AvgIpc) is 3.00. The average molecular weight is 468 g/mol. The summed E-state index contributed by atoms with van der Waals surface area (Å²) in [4.78, 5) is 43.4. The number of thioether (sulfide) groups is 1. The number of aryl methyl sites for hydroxylation is 2. The van der Waals surface area contributed by atoms with E-state index < -0.39 is 18.4 Å². The number of carbonyl (C=O) groups is 2. The van der Waals surface area contributed by atoms with Gasteiger partial charge in [-0.05, 0) is 50.6 Å². The number of ether oxygens (including phenoxy) is 1. The summed E-state index contributed by atoms with van der Waals surface area (Å²) >= 11 is 2.48. The van der Waals surface area contributed by atoms with Gasteiger partial charge in [0.15, 0.2) is 5.16 Å². The number of alkyl halides is 2. The van der Waals surface area contributed by atoms with Crippen molar-refractivity contribution < 1.29 is 23.1 Å². The largest absolute Gasteiger partial charge is 0.435 e. The monoisotopic (exact) mass is 467 g/mol. The zero-order valence-electron chi connectivity index (χ0n) is 16.9. The number of nitrogens with zero attached hydrogens (tertiary/aromatic N) is 2. The highest BCUT2D eigenvalue weighted by Crippen LogP contribution is 2.28. The minimum absolute atomic E-state index is 0.0912. The van der Waals surface area contributed by atoms with Crippen molar-refractivity contribution in [3.05, 3.63) is 50.6 Å². The van der Waals surface area contributed by atoms with Crippen LogP contribution in [0, 0.1) is 13.8 Å². The first-order valence-corrected chi connectivity index (χ1v) is 11.0. The molecule has 2 aromatic heterocycles. The van der Waals surface area contributed by atoms with E-state index in [0.717, 1.165) is 22.2 Å². The molecule has 31 heavy (non-hydrogen) atoms. The van der Waals surface area contributed by atoms with Crippen molar-refractivity contribution in [3.8, 4) is 5.75 Å². The van der Waals surface area contributed by atoms with Gasteiger partial charge in [0, 0.05) is 17.0 Å². The summed E-state index contributed by atoms with van der Waals surface area (Å²) in [7, 11) is 0. The van der Waals surface area contributed by atoms with Crippen LogP contribution in [-0.4, -0.2) is 33.7 Å². The van der Waals surface area contributed by atoms with E-state index in [0.29, 0.717) is 21.9 Å². The Hall–Kier alpha value is -2.79. The van der Waals surface area contributed by atoms with Gasteiger partial charge in [-0.3, -0.25) is 24.3 Å². The number of benzene rings is 1. The molecule has 0 aliphatic carbocycles. The van der Waals surface area contributed by atoms with Crippen molar-refractivity contribution in [1.82, 2.24) is 14.9 Å². The van der Waals surface area contributed by atoms with Crippen molar-refractivity contribution >= 4 is 45.1 Å². The number of halogens is 2. The quantitative estimate of drug-likeness (QED) is 0.421. The fraction of sp³-hybridized carbons (Fsp3) is 0.300. The summed E-state index contributed by atoms with van der Waals surface area (Å²) in [6.07, 6.45) is 0. The molecule has 0 fully saturated rings. The van der Waals surface area contributed by atoms with Gasteiger partial charge in [0.1, 0.15) is 10.6 Å². The van der Waals surface area contributed by atoms with Crippen LogP contribution in [0.3, 0.4) is 0 Å². The van der Waals surface area contributed by atoms with E-state index in [9.17, 15) is 23.2 Å². The second kappa shape index (κ2) is 9.56. The molecule has 1 N–H and O–H groups in total. The lowest BCUT2D eigenvalue weighted by atomic mass is 10.2. The highest BCUT2D eigenvalue weighted by Gasteiger charge is 2.18. The van der Waals surface area contributed by atoms with Crippen LogP contribution in [0.2, 0.25) is 0 Å². The van der Waals surface area contributed by atoms with Crippen LogP contribution < -0.4 is 15.6 Å². The maximum absolute atomic E-state index is 12.8. The third kappa shape index (κ3) is 5.10. The summed E-state index contributed by atoms with van der Waals surface area (Å²) < 4.78 is 30.1. The lowest BCUT2D eigenvalue weighted by Crippen LogP contribution is -2.32. The first kappa shape index (κ1) is 22.9. The molecule has 0 aliphatic rings. The van der Waals surface area contributed by atoms with Crippen molar-refractivity contribution in [2.24, 2.45) is 0 Å². The second-order valence-electron chi connectivity index (χ2n) is 6.48. The minimum atomic E-state index is -2.96. The molecule has 3 aromatic rings. The van der Waals surface area contributed by atoms with Crippen LogP contribution in [0.1, 0.15) is 27.7 Å². The first-order chi connectivity index (χ1) is 14.7. The third-order valence-corrected chi connectivity index (χ3v) is 6.57. The number of imide groups is 1. The summed E-state index contributed by atoms with van der Waals surface area (Å²) in [5.41, 5.74) is 0.874. The van der Waals surface area contributed by atoms with E-state index in [2.05, 4.69) is 15.0 Å². The Balaban J connectivity index is 1.68. The topological polar surface area (TPSA) is 90.3 Å². The molecule has 3 rings (SSSR count). The van der Waals surface area contributed by atoms with Gasteiger partial charge in [0.2, 0.25) is 5.91 Å². The Morgan fingerprint density at radius 3 is 2.55 bits per heavy atom. The molecule has 0 spiro atoms. The molecule has 0 bridgehead atoms. The van der Waals surface area contributed by atoms with Gasteiger partial charge in [0.05, 0.1) is 11.1 Å². The molecular weight excluding hydrogens is 448 g/mol. The maximum Gasteiger partial charge on any atom is 0.387 e. The van der Waals surface area contributed by atoms with E-state index in [1.54, 1.807) is 0 Å². The molecule has 1 aromatic carbocycles. The third-order valence-electron chi connectivity index (χ3n) is 4.50. The van der Waals surface area contributed by atoms with E-state index >= 15 is 0 Å². The standard InChI is InChI=1S/C20H19F2N3O4S2/c1-4-25-18(28)15-10(2)11(3)31-17(15)24-20(25)30-9-14(26)23-16(27)12-5-7-13(8-6-12)29-19(21)22/h5-8,19H,4,9H2,1-3H3,(H,23,26,27). The van der Waals surface area contributed by atoms with E-state index in [1.807, 2.05) is 20.8 Å². The smallest absolute Gasteiger partial charge is 0.387 e. The lowest BCUT2D eigenvalue weighted by Gasteiger charge is -2.10. The fourth-order valence-corrected chi connectivity index (χ4v) is 4.78. The van der Waals surface area contributed by atoms with Crippen LogP contribution in [0.25, 0.3) is 10.2 Å². The number of hydrogen-bond acceptors (Lipinski definition) is 7. The van der Waals surface area contributed by atoms with Crippen LogP contribution in [-0.2, 0) is 11.3 Å². The number of fused-ring (bicyclic) bond motifs is 1. The van der Waals surface area contributed by atoms with Gasteiger partial charge in [-0.1, -0.05) is 11.8 Å². The molecule has 11 heteroatoms. The van der Waals surface area contributed by atoms with Crippen LogP contribution in [0.4, 0.5) is 8.78 Å². The Kier molecular flexibility index (Phi) is 7.06. The van der Waals surface area contributed by atoms with E-state index in [-0.39, 0.29) is 22.6 Å². The molecule has 0 saturated carbocycles. The minimum Gasteiger partial charge on any atom is -0.435 e. The predicted molar refractivity (Wildman–Crippen MR) is 115 cm³/mol. The number of nitrogens with one attached hydrogen (secondary N) is 1. The number of hydrogen-bond donors (Lipinski definition) is 1. The molecule has 0 unspecified atom stereocenters. The lowest BCUT2D eigenvalue weighted by molar-refractivity contribution is -0.117. The highest BCUT2D eigenvalue weighted by atomic mass is 32.2. The van der Waals surface area contributed by atoms with Gasteiger partial charge in [-0.15, -0.1) is 11.3 Å². The second-order valence-corrected chi connectivity index (χ2v) is 8.62. The van der Waals surface area contributed by atoms with Crippen molar-refractivity contribution in [3.63, 3.8) is 0 Å². The summed E-state index contributed by atoms with van der Waals surface area (Å²) in [5, 5.41) is 3.22. The molecule has 0 saturated heterocycles. The summed E-state index contributed by atoms with van der Waals surface area (Å²) in [5.74, 6) is -1.46. The molecular formula is C20H19F2N3O4S2. The number of aromatic nitrogens is 2. The Morgan fingerprint density at radius 1 is 1.26 bits per heavy atom. The SMILES string of the molecule is CCn1c(SCC(=O)NC(=O)c2ccc(OC(F)F)cc2)nc2sc(C)c(C)c2c1=O. The van der Waals surface area contributed by atoms with Crippen LogP contribution in [0.5, 0.6) is 5.75 Å². The summed E-state index contributed by atoms with van der Waals surface area (Å²) in [6, 6.07) is 4.98. The maximum atomic E-state index is 12.8. The molecule has 164 valence electrons. The van der Waals surface area contributed by atoms with Crippen molar-refractivity contribution in [1.29, 1.82) is 0 Å². The molecule has 0 atom stereocenters. The van der Waals surface area contributed by atoms with Gasteiger partial charge in [0.25, 0.3) is 11.5 Å². The van der Waals surface area contributed by atoms with Crippen molar-refractivity contribution in [2.75, 3.05) is 5.75 Å². The zero-order chi connectivity index (χ0) is 22.7. The van der Waals surface area contributed by atoms with Gasteiger partial charge >= 0.3 is 6.61 Å². The number of carbonyl (C=O) groups excluding carboxylic acids is 2. The van der Waals surface area contributed by atoms with Crippen molar-refractivity contribution in [2.45, 2.75) is 39.1 Å². The molecule has 0 radical (unpaired) electrons. The van der Waals surface area contributed by atoms with E-state index in [4.69, 9.17) is 0 Å². The van der Waals surface area contributed by atoms with Crippen LogP contribution in [0.15, 0.2) is 34.2 Å². The fourth-order valence-electron chi connectivity index (χ4n) is 2.85. The normalized spacial score (nSPS) is 11.2.